The highest BCUT2D eigenvalue weighted by molar-refractivity contribution is 5.98. The first-order valence-corrected chi connectivity index (χ1v) is 6.60. The minimum atomic E-state index is -0.285. The number of nitrogens with zero attached hydrogens (tertiary/aromatic N) is 1. The molecular formula is C14H26N2O2. The summed E-state index contributed by atoms with van der Waals surface area (Å²) in [6.07, 6.45) is 0.926. The molecule has 0 aromatic carbocycles. The highest BCUT2D eigenvalue weighted by atomic mass is 16.2. The van der Waals surface area contributed by atoms with E-state index in [9.17, 15) is 9.59 Å². The zero-order valence-electron chi connectivity index (χ0n) is 12.6. The Kier molecular flexibility index (Phi) is 3.80. The topological polar surface area (TPSA) is 49.4 Å². The van der Waals surface area contributed by atoms with Gasteiger partial charge in [-0.1, -0.05) is 41.5 Å². The van der Waals surface area contributed by atoms with Gasteiger partial charge in [-0.2, -0.15) is 0 Å². The van der Waals surface area contributed by atoms with E-state index in [0.717, 1.165) is 6.42 Å². The molecule has 2 atom stereocenters. The van der Waals surface area contributed by atoms with E-state index in [4.69, 9.17) is 0 Å². The molecule has 2 unspecified atom stereocenters. The third-order valence-electron chi connectivity index (χ3n) is 4.21. The summed E-state index contributed by atoms with van der Waals surface area (Å²) in [6, 6.07) is -0.351. The summed E-state index contributed by atoms with van der Waals surface area (Å²) in [4.78, 5) is 25.8. The zero-order chi connectivity index (χ0) is 14.3. The SMILES string of the molecule is CCC(C)(C)C1C(C(C)(C)C)C(=O)NC(=O)N1C. The fourth-order valence-electron chi connectivity index (χ4n) is 2.82. The van der Waals surface area contributed by atoms with Crippen molar-refractivity contribution in [3.8, 4) is 0 Å². The standard InChI is InChI=1S/C14H26N2O2/c1-8-14(5,6)10-9(13(2,3)4)11(17)15-12(18)16(10)7/h9-10H,8H2,1-7H3,(H,15,17,18). The molecule has 104 valence electrons. The summed E-state index contributed by atoms with van der Waals surface area (Å²) in [5.41, 5.74) is -0.254. The average molecular weight is 254 g/mol. The van der Waals surface area contributed by atoms with Crippen molar-refractivity contribution in [1.82, 2.24) is 10.2 Å². The fourth-order valence-corrected chi connectivity index (χ4v) is 2.82. The van der Waals surface area contributed by atoms with Crippen molar-refractivity contribution in [3.63, 3.8) is 0 Å². The van der Waals surface area contributed by atoms with Gasteiger partial charge in [-0.3, -0.25) is 10.1 Å². The van der Waals surface area contributed by atoms with Crippen molar-refractivity contribution in [2.75, 3.05) is 7.05 Å². The molecule has 4 nitrogen and oxygen atoms in total. The second-order valence-electron chi connectivity index (χ2n) is 7.04. The van der Waals surface area contributed by atoms with Crippen LogP contribution in [0.3, 0.4) is 0 Å². The molecule has 0 aromatic heterocycles. The Hall–Kier alpha value is -1.06. The predicted octanol–water partition coefficient (Wildman–Crippen LogP) is 2.64. The van der Waals surface area contributed by atoms with Gasteiger partial charge in [0.2, 0.25) is 5.91 Å². The molecule has 18 heavy (non-hydrogen) atoms. The van der Waals surface area contributed by atoms with Crippen LogP contribution < -0.4 is 5.32 Å². The third kappa shape index (κ3) is 2.52. The molecule has 0 saturated carbocycles. The van der Waals surface area contributed by atoms with Crippen molar-refractivity contribution in [3.05, 3.63) is 0 Å². The normalized spacial score (nSPS) is 26.3. The van der Waals surface area contributed by atoms with Gasteiger partial charge in [0.25, 0.3) is 0 Å². The molecule has 0 radical (unpaired) electrons. The molecule has 1 aliphatic heterocycles. The second kappa shape index (κ2) is 4.56. The highest BCUT2D eigenvalue weighted by Gasteiger charge is 2.50. The Balaban J connectivity index is 3.26. The van der Waals surface area contributed by atoms with E-state index in [-0.39, 0.29) is 34.7 Å². The number of imide groups is 1. The van der Waals surface area contributed by atoms with Crippen LogP contribution >= 0.6 is 0 Å². The molecule has 1 saturated heterocycles. The Morgan fingerprint density at radius 1 is 1.17 bits per heavy atom. The van der Waals surface area contributed by atoms with E-state index in [2.05, 4.69) is 46.9 Å². The van der Waals surface area contributed by atoms with Crippen LogP contribution in [0.1, 0.15) is 48.0 Å². The maximum atomic E-state index is 12.2. The molecule has 4 heteroatoms. The summed E-state index contributed by atoms with van der Waals surface area (Å²) in [6.45, 7) is 12.5. The molecule has 1 heterocycles. The Bertz CT molecular complexity index is 355. The number of amides is 3. The first-order valence-electron chi connectivity index (χ1n) is 6.60. The largest absolute Gasteiger partial charge is 0.324 e. The Labute approximate surface area is 110 Å². The van der Waals surface area contributed by atoms with Crippen molar-refractivity contribution in [2.45, 2.75) is 54.0 Å². The quantitative estimate of drug-likeness (QED) is 0.823. The lowest BCUT2D eigenvalue weighted by molar-refractivity contribution is -0.135. The average Bonchev–Trinajstić information content (AvgIpc) is 2.20. The van der Waals surface area contributed by atoms with Gasteiger partial charge >= 0.3 is 6.03 Å². The van der Waals surface area contributed by atoms with Gasteiger partial charge in [0.1, 0.15) is 0 Å². The number of nitrogens with one attached hydrogen (secondary N) is 1. The number of carbonyl (C=O) groups excluding carboxylic acids is 2. The summed E-state index contributed by atoms with van der Waals surface area (Å²) in [7, 11) is 1.78. The first-order chi connectivity index (χ1) is 8.02. The summed E-state index contributed by atoms with van der Waals surface area (Å²) in [5.74, 6) is -0.327. The summed E-state index contributed by atoms with van der Waals surface area (Å²) < 4.78 is 0. The van der Waals surface area contributed by atoms with Crippen LogP contribution in [-0.4, -0.2) is 29.9 Å². The van der Waals surface area contributed by atoms with Gasteiger partial charge in [-0.25, -0.2) is 4.79 Å². The lowest BCUT2D eigenvalue weighted by Gasteiger charge is -2.50. The lowest BCUT2D eigenvalue weighted by Crippen LogP contribution is -2.65. The molecule has 0 spiro atoms. The van der Waals surface area contributed by atoms with Gasteiger partial charge in [0.15, 0.2) is 0 Å². The van der Waals surface area contributed by atoms with Crippen LogP contribution in [0.15, 0.2) is 0 Å². The molecule has 0 bridgehead atoms. The maximum absolute atomic E-state index is 12.2. The molecule has 1 fully saturated rings. The van der Waals surface area contributed by atoms with E-state index in [1.54, 1.807) is 11.9 Å². The van der Waals surface area contributed by atoms with Crippen LogP contribution in [0.5, 0.6) is 0 Å². The van der Waals surface area contributed by atoms with Crippen LogP contribution in [0.4, 0.5) is 4.79 Å². The van der Waals surface area contributed by atoms with E-state index in [1.165, 1.54) is 0 Å². The molecular weight excluding hydrogens is 228 g/mol. The van der Waals surface area contributed by atoms with Crippen LogP contribution in [0.2, 0.25) is 0 Å². The van der Waals surface area contributed by atoms with Crippen molar-refractivity contribution >= 4 is 11.9 Å². The summed E-state index contributed by atoms with van der Waals surface area (Å²) >= 11 is 0. The van der Waals surface area contributed by atoms with Gasteiger partial charge < -0.3 is 4.90 Å². The van der Waals surface area contributed by atoms with E-state index >= 15 is 0 Å². The van der Waals surface area contributed by atoms with Gasteiger partial charge in [-0.15, -0.1) is 0 Å². The first kappa shape index (κ1) is 15.0. The smallest absolute Gasteiger partial charge is 0.323 e. The van der Waals surface area contributed by atoms with E-state index in [1.807, 2.05) is 0 Å². The molecule has 1 aliphatic rings. The Morgan fingerprint density at radius 3 is 2.06 bits per heavy atom. The van der Waals surface area contributed by atoms with E-state index < -0.39 is 0 Å². The number of hydrogen-bond acceptors (Lipinski definition) is 2. The van der Waals surface area contributed by atoms with E-state index in [0.29, 0.717) is 0 Å². The molecule has 3 amide bonds. The zero-order valence-corrected chi connectivity index (χ0v) is 12.6. The minimum absolute atomic E-state index is 0.0660. The number of rotatable bonds is 2. The lowest BCUT2D eigenvalue weighted by atomic mass is 9.65. The van der Waals surface area contributed by atoms with Crippen molar-refractivity contribution in [1.29, 1.82) is 0 Å². The Morgan fingerprint density at radius 2 is 1.67 bits per heavy atom. The fraction of sp³-hybridized carbons (Fsp3) is 0.857. The highest BCUT2D eigenvalue weighted by Crippen LogP contribution is 2.42. The molecule has 0 aliphatic carbocycles. The van der Waals surface area contributed by atoms with Crippen LogP contribution in [0, 0.1) is 16.7 Å². The number of carbonyl (C=O) groups is 2. The minimum Gasteiger partial charge on any atom is -0.323 e. The van der Waals surface area contributed by atoms with Gasteiger partial charge in [0.05, 0.1) is 12.0 Å². The van der Waals surface area contributed by atoms with Gasteiger partial charge in [0, 0.05) is 7.05 Å². The number of urea groups is 1. The molecule has 0 aromatic rings. The maximum Gasteiger partial charge on any atom is 0.324 e. The van der Waals surface area contributed by atoms with Gasteiger partial charge in [-0.05, 0) is 17.3 Å². The van der Waals surface area contributed by atoms with Crippen molar-refractivity contribution in [2.24, 2.45) is 16.7 Å². The van der Waals surface area contributed by atoms with Crippen LogP contribution in [-0.2, 0) is 4.79 Å². The molecule has 1 rings (SSSR count). The van der Waals surface area contributed by atoms with Crippen LogP contribution in [0.25, 0.3) is 0 Å². The second-order valence-corrected chi connectivity index (χ2v) is 7.04. The number of hydrogen-bond donors (Lipinski definition) is 1. The predicted molar refractivity (Wildman–Crippen MR) is 72.1 cm³/mol. The van der Waals surface area contributed by atoms with Crippen molar-refractivity contribution < 1.29 is 9.59 Å². The summed E-state index contributed by atoms with van der Waals surface area (Å²) in [5, 5.41) is 2.46. The third-order valence-corrected chi connectivity index (χ3v) is 4.21. The molecule has 1 N–H and O–H groups in total. The monoisotopic (exact) mass is 254 g/mol.